The Balaban J connectivity index is 1.73. The number of fused-ring (bicyclic) bond motifs is 1. The molecule has 4 aromatic carbocycles. The monoisotopic (exact) mass is 483 g/mol. The molecule has 5 rings (SSSR count). The lowest BCUT2D eigenvalue weighted by molar-refractivity contribution is 0.0808. The second-order valence-corrected chi connectivity index (χ2v) is 11.3. The normalized spacial score (nSPS) is 15.1. The third kappa shape index (κ3) is 3.92. The zero-order valence-electron chi connectivity index (χ0n) is 19.6. The molecule has 0 aromatic heterocycles. The van der Waals surface area contributed by atoms with Gasteiger partial charge in [0.15, 0.2) is 18.6 Å². The van der Waals surface area contributed by atoms with E-state index < -0.39 is 12.9 Å². The molecule has 0 saturated heterocycles. The van der Waals surface area contributed by atoms with Crippen LogP contribution in [-0.2, 0) is 11.2 Å². The van der Waals surface area contributed by atoms with Crippen LogP contribution in [0.15, 0.2) is 103 Å². The van der Waals surface area contributed by atoms with Crippen LogP contribution in [0.3, 0.4) is 0 Å². The van der Waals surface area contributed by atoms with Gasteiger partial charge in [0.25, 0.3) is 5.91 Å². The largest absolute Gasteiger partial charge is 0.493 e. The second kappa shape index (κ2) is 9.44. The van der Waals surface area contributed by atoms with E-state index >= 15 is 4.57 Å². The number of amides is 1. The highest BCUT2D eigenvalue weighted by Crippen LogP contribution is 2.64. The summed E-state index contributed by atoms with van der Waals surface area (Å²) in [5, 5.41) is 1.36. The summed E-state index contributed by atoms with van der Waals surface area (Å²) in [5.74, 6) is 0.0177. The molecule has 0 fully saturated rings. The fourth-order valence-electron chi connectivity index (χ4n) is 4.71. The fraction of sp³-hybridized carbons (Fsp3) is 0.138. The van der Waals surface area contributed by atoms with Crippen LogP contribution >= 0.6 is 7.14 Å². The third-order valence-corrected chi connectivity index (χ3v) is 9.83. The SMILES string of the molecule is COc1ccc2c(c1OCc1ccccc1)C(P(=O)(c1ccccc1)c1ccccc1)N(C)C2=O. The number of hydrogen-bond acceptors (Lipinski definition) is 4. The Kier molecular flexibility index (Phi) is 6.19. The molecular formula is C29H26NO4P. The maximum Gasteiger partial charge on any atom is 0.255 e. The Morgan fingerprint density at radius 1 is 0.800 bits per heavy atom. The Hall–Kier alpha value is -3.82. The Morgan fingerprint density at radius 2 is 1.34 bits per heavy atom. The molecule has 1 heterocycles. The van der Waals surface area contributed by atoms with Crippen LogP contribution in [0, 0.1) is 0 Å². The smallest absolute Gasteiger partial charge is 0.255 e. The van der Waals surface area contributed by atoms with E-state index in [-0.39, 0.29) is 5.91 Å². The predicted octanol–water partition coefficient (Wildman–Crippen LogP) is 5.37. The molecule has 6 heteroatoms. The van der Waals surface area contributed by atoms with Crippen molar-refractivity contribution >= 4 is 23.7 Å². The molecule has 0 N–H and O–H groups in total. The van der Waals surface area contributed by atoms with Crippen molar-refractivity contribution in [2.75, 3.05) is 14.2 Å². The molecule has 1 amide bonds. The molecular weight excluding hydrogens is 457 g/mol. The first-order valence-electron chi connectivity index (χ1n) is 11.4. The minimum atomic E-state index is -3.38. The first-order valence-corrected chi connectivity index (χ1v) is 13.2. The zero-order chi connectivity index (χ0) is 24.4. The number of hydrogen-bond donors (Lipinski definition) is 0. The van der Waals surface area contributed by atoms with Crippen LogP contribution in [-0.4, -0.2) is 25.0 Å². The highest BCUT2D eigenvalue weighted by Gasteiger charge is 2.50. The molecule has 0 bridgehead atoms. The molecule has 0 saturated carbocycles. The van der Waals surface area contributed by atoms with E-state index in [2.05, 4.69) is 0 Å². The van der Waals surface area contributed by atoms with Crippen molar-refractivity contribution in [3.05, 3.63) is 120 Å². The zero-order valence-corrected chi connectivity index (χ0v) is 20.5. The molecule has 1 aliphatic heterocycles. The van der Waals surface area contributed by atoms with E-state index in [1.165, 1.54) is 0 Å². The lowest BCUT2D eigenvalue weighted by atomic mass is 10.1. The average Bonchev–Trinajstić information content (AvgIpc) is 3.18. The van der Waals surface area contributed by atoms with Gasteiger partial charge in [-0.05, 0) is 17.7 Å². The first-order chi connectivity index (χ1) is 17.1. The summed E-state index contributed by atoms with van der Waals surface area (Å²) in [7, 11) is -0.104. The van der Waals surface area contributed by atoms with Gasteiger partial charge in [0, 0.05) is 28.8 Å². The molecule has 4 aromatic rings. The van der Waals surface area contributed by atoms with E-state index in [0.29, 0.717) is 39.8 Å². The van der Waals surface area contributed by atoms with Gasteiger partial charge < -0.3 is 18.9 Å². The minimum absolute atomic E-state index is 0.190. The molecule has 5 nitrogen and oxygen atoms in total. The molecule has 0 aliphatic carbocycles. The number of nitrogens with zero attached hydrogens (tertiary/aromatic N) is 1. The van der Waals surface area contributed by atoms with Crippen molar-refractivity contribution in [1.29, 1.82) is 0 Å². The van der Waals surface area contributed by atoms with Gasteiger partial charge in [-0.1, -0.05) is 91.0 Å². The summed E-state index contributed by atoms with van der Waals surface area (Å²) in [6.07, 6.45) is 0. The number of rotatable bonds is 7. The van der Waals surface area contributed by atoms with E-state index in [4.69, 9.17) is 9.47 Å². The number of benzene rings is 4. The number of carbonyl (C=O) groups is 1. The van der Waals surface area contributed by atoms with Crippen LogP contribution in [0.1, 0.15) is 27.3 Å². The maximum absolute atomic E-state index is 15.3. The third-order valence-electron chi connectivity index (χ3n) is 6.41. The highest BCUT2D eigenvalue weighted by molar-refractivity contribution is 7.79. The molecule has 0 radical (unpaired) electrons. The van der Waals surface area contributed by atoms with Crippen LogP contribution in [0.2, 0.25) is 0 Å². The predicted molar refractivity (Wildman–Crippen MR) is 138 cm³/mol. The summed E-state index contributed by atoms with van der Waals surface area (Å²) >= 11 is 0. The van der Waals surface area contributed by atoms with Gasteiger partial charge in [-0.25, -0.2) is 0 Å². The average molecular weight is 484 g/mol. The van der Waals surface area contributed by atoms with Crippen LogP contribution in [0.5, 0.6) is 11.5 Å². The summed E-state index contributed by atoms with van der Waals surface area (Å²) in [6, 6.07) is 32.1. The van der Waals surface area contributed by atoms with Gasteiger partial charge >= 0.3 is 0 Å². The van der Waals surface area contributed by atoms with E-state index in [9.17, 15) is 4.79 Å². The van der Waals surface area contributed by atoms with Crippen LogP contribution in [0.4, 0.5) is 0 Å². The Labute approximate surface area is 205 Å². The van der Waals surface area contributed by atoms with Crippen molar-refractivity contribution in [1.82, 2.24) is 4.90 Å². The molecule has 1 atom stereocenters. The van der Waals surface area contributed by atoms with Gasteiger partial charge in [-0.2, -0.15) is 0 Å². The van der Waals surface area contributed by atoms with Crippen LogP contribution in [0.25, 0.3) is 0 Å². The summed E-state index contributed by atoms with van der Waals surface area (Å²) in [5.41, 5.74) is 2.06. The maximum atomic E-state index is 15.3. The van der Waals surface area contributed by atoms with Gasteiger partial charge in [0.2, 0.25) is 0 Å². The van der Waals surface area contributed by atoms with E-state index in [1.807, 2.05) is 91.0 Å². The van der Waals surface area contributed by atoms with Gasteiger partial charge in [0.05, 0.1) is 7.11 Å². The standard InChI is InChI=1S/C29H26NO4P/c1-30-28(31)24-18-19-25(33-2)27(34-20-21-12-6-3-7-13-21)26(24)29(30)35(32,22-14-8-4-9-15-22)23-16-10-5-11-17-23/h3-19,29H,20H2,1-2H3. The number of carbonyl (C=O) groups excluding carboxylic acids is 1. The van der Waals surface area contributed by atoms with Crippen molar-refractivity contribution in [2.45, 2.75) is 12.4 Å². The first kappa shape index (κ1) is 22.9. The van der Waals surface area contributed by atoms with Gasteiger partial charge in [-0.15, -0.1) is 0 Å². The molecule has 1 aliphatic rings. The van der Waals surface area contributed by atoms with E-state index in [1.54, 1.807) is 31.2 Å². The Morgan fingerprint density at radius 3 is 1.89 bits per heavy atom. The van der Waals surface area contributed by atoms with Crippen molar-refractivity contribution in [3.63, 3.8) is 0 Å². The molecule has 0 spiro atoms. The summed E-state index contributed by atoms with van der Waals surface area (Å²) in [6.45, 7) is 0.291. The lowest BCUT2D eigenvalue weighted by Gasteiger charge is -2.32. The highest BCUT2D eigenvalue weighted by atomic mass is 31.2. The lowest BCUT2D eigenvalue weighted by Crippen LogP contribution is -2.30. The molecule has 176 valence electrons. The summed E-state index contributed by atoms with van der Waals surface area (Å²) in [4.78, 5) is 15.0. The quantitative estimate of drug-likeness (QED) is 0.332. The van der Waals surface area contributed by atoms with Gasteiger partial charge in [-0.3, -0.25) is 4.79 Å². The number of ether oxygens (including phenoxy) is 2. The van der Waals surface area contributed by atoms with Crippen molar-refractivity contribution < 1.29 is 18.8 Å². The van der Waals surface area contributed by atoms with Crippen molar-refractivity contribution in [3.8, 4) is 11.5 Å². The molecule has 35 heavy (non-hydrogen) atoms. The van der Waals surface area contributed by atoms with Crippen LogP contribution < -0.4 is 20.1 Å². The fourth-order valence-corrected chi connectivity index (χ4v) is 8.02. The molecule has 1 unspecified atom stereocenters. The summed E-state index contributed by atoms with van der Waals surface area (Å²) < 4.78 is 27.3. The van der Waals surface area contributed by atoms with Gasteiger partial charge in [0.1, 0.15) is 12.4 Å². The van der Waals surface area contributed by atoms with Crippen molar-refractivity contribution in [2.24, 2.45) is 0 Å². The second-order valence-electron chi connectivity index (χ2n) is 8.45. The Bertz CT molecular complexity index is 1350. The topological polar surface area (TPSA) is 55.8 Å². The minimum Gasteiger partial charge on any atom is -0.493 e. The number of methoxy groups -OCH3 is 1. The van der Waals surface area contributed by atoms with E-state index in [0.717, 1.165) is 5.56 Å².